The van der Waals surface area contributed by atoms with E-state index in [2.05, 4.69) is 4.90 Å². The first-order valence-electron chi connectivity index (χ1n) is 14.9. The van der Waals surface area contributed by atoms with Crippen LogP contribution in [0.1, 0.15) is 60.7 Å². The first-order chi connectivity index (χ1) is 20.7. The van der Waals surface area contributed by atoms with Gasteiger partial charge in [-0.2, -0.15) is 0 Å². The largest absolute Gasteiger partial charge is 0.309 e. The lowest BCUT2D eigenvalue weighted by atomic mass is 9.82. The van der Waals surface area contributed by atoms with E-state index in [9.17, 15) is 19.2 Å². The Morgan fingerprint density at radius 3 is 1.12 bits per heavy atom. The first kappa shape index (κ1) is 27.4. The van der Waals surface area contributed by atoms with Crippen molar-refractivity contribution < 1.29 is 19.2 Å². The molecule has 0 aliphatic carbocycles. The second-order valence-electron chi connectivity index (χ2n) is 12.3. The third-order valence-electron chi connectivity index (χ3n) is 9.03. The lowest BCUT2D eigenvalue weighted by Crippen LogP contribution is -2.41. The van der Waals surface area contributed by atoms with Crippen molar-refractivity contribution >= 4 is 66.7 Å². The summed E-state index contributed by atoms with van der Waals surface area (Å²) < 4.78 is 0. The van der Waals surface area contributed by atoms with Crippen LogP contribution < -0.4 is 0 Å². The lowest BCUT2D eigenvalue weighted by Gasteiger charge is -2.30. The predicted octanol–water partition coefficient (Wildman–Crippen LogP) is 5.22. The molecule has 0 unspecified atom stereocenters. The molecule has 8 heteroatoms. The Morgan fingerprint density at radius 1 is 0.442 bits per heavy atom. The first-order valence-corrected chi connectivity index (χ1v) is 14.9. The van der Waals surface area contributed by atoms with E-state index in [1.165, 1.54) is 9.80 Å². The van der Waals surface area contributed by atoms with E-state index in [-0.39, 0.29) is 23.6 Å². The van der Waals surface area contributed by atoms with Crippen LogP contribution in [0.5, 0.6) is 0 Å². The molecule has 0 saturated heterocycles. The molecule has 0 aromatic heterocycles. The maximum absolute atomic E-state index is 13.7. The number of nitrogens with zero attached hydrogens (tertiary/aromatic N) is 4. The molecular weight excluding hydrogens is 540 g/mol. The number of carbonyl (C=O) groups is 4. The highest BCUT2D eigenvalue weighted by Crippen LogP contribution is 2.46. The number of unbranched alkanes of at least 4 members (excludes halogenated alkanes) is 1. The van der Waals surface area contributed by atoms with E-state index in [4.69, 9.17) is 0 Å². The molecule has 0 N–H and O–H groups in total. The van der Waals surface area contributed by atoms with Crippen molar-refractivity contribution in [2.45, 2.75) is 19.3 Å². The second-order valence-corrected chi connectivity index (χ2v) is 12.3. The smallest absolute Gasteiger partial charge is 0.261 e. The summed E-state index contributed by atoms with van der Waals surface area (Å²) >= 11 is 0. The van der Waals surface area contributed by atoms with Crippen molar-refractivity contribution in [3.05, 3.63) is 70.8 Å². The Labute approximate surface area is 249 Å². The molecule has 0 atom stereocenters. The van der Waals surface area contributed by atoms with Crippen LogP contribution in [0, 0.1) is 0 Å². The van der Waals surface area contributed by atoms with Gasteiger partial charge in [0.1, 0.15) is 0 Å². The zero-order valence-electron chi connectivity index (χ0n) is 25.0. The molecule has 7 rings (SSSR count). The number of amides is 4. The van der Waals surface area contributed by atoms with E-state index in [1.807, 2.05) is 81.6 Å². The van der Waals surface area contributed by atoms with Crippen LogP contribution in [0.25, 0.3) is 43.1 Å². The summed E-state index contributed by atoms with van der Waals surface area (Å²) in [5.41, 5.74) is 2.14. The van der Waals surface area contributed by atoms with Crippen LogP contribution in [0.3, 0.4) is 0 Å². The predicted molar refractivity (Wildman–Crippen MR) is 169 cm³/mol. The molecule has 0 radical (unpaired) electrons. The fraction of sp³-hybridized carbons (Fsp3) is 0.314. The number of imide groups is 2. The number of carbonyl (C=O) groups excluding carboxylic acids is 4. The SMILES string of the molecule is CN(C)CCCCN1C(=O)c2ccc3c4ccc5c6c(ccc(c7ccc(c2c37)C1=O)c64)C(=O)N(CCCN(C)C)C5=O. The molecule has 8 nitrogen and oxygen atoms in total. The molecular formula is C35H34N4O4. The topological polar surface area (TPSA) is 81.2 Å². The summed E-state index contributed by atoms with van der Waals surface area (Å²) in [7, 11) is 7.97. The van der Waals surface area contributed by atoms with Crippen LogP contribution in [0.15, 0.2) is 48.5 Å². The van der Waals surface area contributed by atoms with Gasteiger partial charge in [0.15, 0.2) is 0 Å². The molecule has 0 fully saturated rings. The highest BCUT2D eigenvalue weighted by Gasteiger charge is 2.36. The highest BCUT2D eigenvalue weighted by molar-refractivity contribution is 6.41. The minimum absolute atomic E-state index is 0.257. The molecule has 2 aliphatic rings. The Kier molecular flexibility index (Phi) is 6.45. The second kappa shape index (κ2) is 10.1. The average Bonchev–Trinajstić information content (AvgIpc) is 2.98. The monoisotopic (exact) mass is 574 g/mol. The summed E-state index contributed by atoms with van der Waals surface area (Å²) in [6.07, 6.45) is 2.34. The fourth-order valence-corrected chi connectivity index (χ4v) is 7.02. The van der Waals surface area contributed by atoms with Crippen LogP contribution in [0.2, 0.25) is 0 Å². The Hall–Kier alpha value is -4.40. The summed E-state index contributed by atoms with van der Waals surface area (Å²) in [5, 5.41) is 6.73. The molecule has 2 aliphatic heterocycles. The Morgan fingerprint density at radius 2 is 0.767 bits per heavy atom. The number of fused-ring (bicyclic) bond motifs is 2. The molecule has 5 aromatic carbocycles. The molecule has 4 amide bonds. The van der Waals surface area contributed by atoms with Crippen LogP contribution in [-0.4, -0.2) is 97.6 Å². The van der Waals surface area contributed by atoms with Gasteiger partial charge in [0, 0.05) is 46.1 Å². The Bertz CT molecular complexity index is 1890. The van der Waals surface area contributed by atoms with Crippen LogP contribution >= 0.6 is 0 Å². The van der Waals surface area contributed by atoms with E-state index in [0.29, 0.717) is 52.5 Å². The summed E-state index contributed by atoms with van der Waals surface area (Å²) in [5.74, 6) is -1.05. The van der Waals surface area contributed by atoms with Gasteiger partial charge in [-0.05, 0) is 117 Å². The normalized spacial score (nSPS) is 15.2. The number of hydrogen-bond donors (Lipinski definition) is 0. The van der Waals surface area contributed by atoms with E-state index in [1.54, 1.807) is 0 Å². The van der Waals surface area contributed by atoms with Crippen LogP contribution in [-0.2, 0) is 0 Å². The molecule has 0 saturated carbocycles. The lowest BCUT2D eigenvalue weighted by molar-refractivity contribution is 0.0591. The van der Waals surface area contributed by atoms with Crippen molar-refractivity contribution in [1.29, 1.82) is 0 Å². The van der Waals surface area contributed by atoms with E-state index < -0.39 is 0 Å². The van der Waals surface area contributed by atoms with E-state index in [0.717, 1.165) is 58.2 Å². The molecule has 218 valence electrons. The molecule has 5 aromatic rings. The van der Waals surface area contributed by atoms with Gasteiger partial charge in [0.25, 0.3) is 23.6 Å². The fourth-order valence-electron chi connectivity index (χ4n) is 7.02. The minimum Gasteiger partial charge on any atom is -0.309 e. The van der Waals surface area contributed by atoms with Crippen molar-refractivity contribution in [2.75, 3.05) is 54.4 Å². The minimum atomic E-state index is -0.266. The van der Waals surface area contributed by atoms with Crippen LogP contribution in [0.4, 0.5) is 0 Å². The number of rotatable bonds is 9. The van der Waals surface area contributed by atoms with Crippen molar-refractivity contribution in [1.82, 2.24) is 19.6 Å². The third-order valence-corrected chi connectivity index (χ3v) is 9.03. The molecule has 43 heavy (non-hydrogen) atoms. The van der Waals surface area contributed by atoms with Crippen molar-refractivity contribution in [3.8, 4) is 0 Å². The van der Waals surface area contributed by atoms with Gasteiger partial charge in [0.05, 0.1) is 0 Å². The zero-order chi connectivity index (χ0) is 30.2. The van der Waals surface area contributed by atoms with Gasteiger partial charge in [-0.3, -0.25) is 29.0 Å². The van der Waals surface area contributed by atoms with E-state index >= 15 is 0 Å². The average molecular weight is 575 g/mol. The van der Waals surface area contributed by atoms with Gasteiger partial charge in [-0.25, -0.2) is 0 Å². The van der Waals surface area contributed by atoms with Gasteiger partial charge in [0.2, 0.25) is 0 Å². The quantitative estimate of drug-likeness (QED) is 0.104. The molecule has 2 heterocycles. The van der Waals surface area contributed by atoms with Crippen molar-refractivity contribution in [3.63, 3.8) is 0 Å². The Balaban J connectivity index is 1.38. The van der Waals surface area contributed by atoms with Gasteiger partial charge < -0.3 is 9.80 Å². The maximum atomic E-state index is 13.7. The number of benzene rings is 5. The van der Waals surface area contributed by atoms with Crippen molar-refractivity contribution in [2.24, 2.45) is 0 Å². The highest BCUT2D eigenvalue weighted by atomic mass is 16.2. The summed E-state index contributed by atoms with van der Waals surface area (Å²) in [4.78, 5) is 61.5. The number of hydrogen-bond acceptors (Lipinski definition) is 6. The van der Waals surface area contributed by atoms with Gasteiger partial charge in [-0.1, -0.05) is 24.3 Å². The van der Waals surface area contributed by atoms with Gasteiger partial charge in [-0.15, -0.1) is 0 Å². The zero-order valence-corrected chi connectivity index (χ0v) is 25.0. The summed E-state index contributed by atoms with van der Waals surface area (Å²) in [6, 6.07) is 15.1. The maximum Gasteiger partial charge on any atom is 0.261 e. The summed E-state index contributed by atoms with van der Waals surface area (Å²) in [6.45, 7) is 2.43. The third kappa shape index (κ3) is 4.04. The van der Waals surface area contributed by atoms with Gasteiger partial charge >= 0.3 is 0 Å². The molecule has 0 bridgehead atoms. The molecule has 0 spiro atoms. The standard InChI is InChI=1S/C35H34N4O4/c1-36(2)16-5-6-18-38-32(40)24-12-8-20-22-10-14-26-31-27(35(43)39(34(26)42)19-7-17-37(3)4)15-11-23(29(22)31)21-9-13-25(33(38)41)30(24)28(20)21/h8-15H,5-7,16-19H2,1-4H3.